The predicted molar refractivity (Wildman–Crippen MR) is 94.3 cm³/mol. The zero-order valence-corrected chi connectivity index (χ0v) is 14.4. The Balaban J connectivity index is 1.81. The van der Waals surface area contributed by atoms with Crippen molar-refractivity contribution in [3.63, 3.8) is 0 Å². The van der Waals surface area contributed by atoms with Crippen LogP contribution in [0.3, 0.4) is 0 Å². The number of non-ortho nitro benzene ring substituents is 1. The lowest BCUT2D eigenvalue weighted by Gasteiger charge is -2.07. The summed E-state index contributed by atoms with van der Waals surface area (Å²) in [5, 5.41) is 11.3. The highest BCUT2D eigenvalue weighted by Crippen LogP contribution is 2.30. The molecule has 1 aromatic heterocycles. The summed E-state index contributed by atoms with van der Waals surface area (Å²) in [5.74, 6) is 0.615. The maximum Gasteiger partial charge on any atom is 0.342 e. The first-order valence-corrected chi connectivity index (χ1v) is 8.06. The average Bonchev–Trinajstić information content (AvgIpc) is 2.95. The Morgan fingerprint density at radius 3 is 2.58 bits per heavy atom. The molecule has 1 heterocycles. The molecule has 0 aliphatic heterocycles. The number of rotatable bonds is 6. The molecule has 0 saturated carbocycles. The third kappa shape index (κ3) is 3.51. The number of carbonyl (C=O) groups is 1. The van der Waals surface area contributed by atoms with E-state index in [-0.39, 0.29) is 18.9 Å². The minimum Gasteiger partial charge on any atom is -0.489 e. The lowest BCUT2D eigenvalue weighted by molar-refractivity contribution is -0.384. The summed E-state index contributed by atoms with van der Waals surface area (Å²) < 4.78 is 16.4. The standard InChI is InChI=1S/C19H17NO6/c1-3-24-19(21)18-12(2)26-17-9-8-15(10-16(17)18)25-11-13-4-6-14(7-5-13)20(22)23/h4-10H,3,11H2,1-2H3. The molecule has 0 saturated heterocycles. The molecule has 0 bridgehead atoms. The molecule has 0 aliphatic carbocycles. The molecule has 0 atom stereocenters. The Bertz CT molecular complexity index is 958. The van der Waals surface area contributed by atoms with E-state index in [9.17, 15) is 14.9 Å². The van der Waals surface area contributed by atoms with E-state index in [0.717, 1.165) is 5.56 Å². The number of ether oxygens (including phenoxy) is 2. The van der Waals surface area contributed by atoms with Gasteiger partial charge in [0.05, 0.1) is 11.5 Å². The van der Waals surface area contributed by atoms with Gasteiger partial charge < -0.3 is 13.9 Å². The van der Waals surface area contributed by atoms with Gasteiger partial charge >= 0.3 is 5.97 Å². The van der Waals surface area contributed by atoms with Crippen molar-refractivity contribution in [1.29, 1.82) is 0 Å². The molecule has 0 radical (unpaired) electrons. The summed E-state index contributed by atoms with van der Waals surface area (Å²) in [6, 6.07) is 11.3. The number of hydrogen-bond donors (Lipinski definition) is 0. The normalized spacial score (nSPS) is 10.7. The number of carbonyl (C=O) groups excluding carboxylic acids is 1. The molecule has 0 spiro atoms. The summed E-state index contributed by atoms with van der Waals surface area (Å²) in [7, 11) is 0. The average molecular weight is 355 g/mol. The van der Waals surface area contributed by atoms with E-state index >= 15 is 0 Å². The van der Waals surface area contributed by atoms with Gasteiger partial charge in [0.15, 0.2) is 0 Å². The molecule has 7 heteroatoms. The SMILES string of the molecule is CCOC(=O)c1c(C)oc2ccc(OCc3ccc([N+](=O)[O-])cc3)cc12. The van der Waals surface area contributed by atoms with Gasteiger partial charge in [0.1, 0.15) is 29.3 Å². The maximum absolute atomic E-state index is 12.1. The largest absolute Gasteiger partial charge is 0.489 e. The van der Waals surface area contributed by atoms with Gasteiger partial charge in [-0.3, -0.25) is 10.1 Å². The number of aryl methyl sites for hydroxylation is 1. The van der Waals surface area contributed by atoms with Crippen LogP contribution in [0.25, 0.3) is 11.0 Å². The van der Waals surface area contributed by atoms with Crippen LogP contribution in [-0.4, -0.2) is 17.5 Å². The third-order valence-electron chi connectivity index (χ3n) is 3.87. The fourth-order valence-electron chi connectivity index (χ4n) is 2.63. The van der Waals surface area contributed by atoms with Crippen molar-refractivity contribution in [3.05, 3.63) is 69.5 Å². The molecule has 7 nitrogen and oxygen atoms in total. The Labute approximate surface area is 149 Å². The van der Waals surface area contributed by atoms with Crippen molar-refractivity contribution in [1.82, 2.24) is 0 Å². The highest BCUT2D eigenvalue weighted by molar-refractivity contribution is 6.04. The second-order valence-electron chi connectivity index (χ2n) is 5.62. The number of hydrogen-bond acceptors (Lipinski definition) is 6. The first kappa shape index (κ1) is 17.5. The van der Waals surface area contributed by atoms with E-state index in [1.165, 1.54) is 12.1 Å². The monoisotopic (exact) mass is 355 g/mol. The first-order valence-electron chi connectivity index (χ1n) is 8.06. The fraction of sp³-hybridized carbons (Fsp3) is 0.211. The van der Waals surface area contributed by atoms with Gasteiger partial charge in [-0.1, -0.05) is 0 Å². The number of nitro benzene ring substituents is 1. The Morgan fingerprint density at radius 2 is 1.92 bits per heavy atom. The lowest BCUT2D eigenvalue weighted by Crippen LogP contribution is -2.05. The van der Waals surface area contributed by atoms with Gasteiger partial charge in [-0.15, -0.1) is 0 Å². The molecule has 0 fully saturated rings. The van der Waals surface area contributed by atoms with E-state index in [4.69, 9.17) is 13.9 Å². The molecular formula is C19H17NO6. The van der Waals surface area contributed by atoms with Crippen LogP contribution in [0.5, 0.6) is 5.75 Å². The van der Waals surface area contributed by atoms with Crippen LogP contribution in [0.1, 0.15) is 28.6 Å². The van der Waals surface area contributed by atoms with Gasteiger partial charge in [0.25, 0.3) is 5.69 Å². The van der Waals surface area contributed by atoms with E-state index in [0.29, 0.717) is 28.0 Å². The Morgan fingerprint density at radius 1 is 1.19 bits per heavy atom. The van der Waals surface area contributed by atoms with Crippen LogP contribution in [0.15, 0.2) is 46.9 Å². The van der Waals surface area contributed by atoms with Crippen molar-refractivity contribution in [2.45, 2.75) is 20.5 Å². The van der Waals surface area contributed by atoms with Crippen LogP contribution in [0.2, 0.25) is 0 Å². The molecule has 0 aliphatic rings. The van der Waals surface area contributed by atoms with E-state index < -0.39 is 10.9 Å². The molecule has 134 valence electrons. The summed E-state index contributed by atoms with van der Waals surface area (Å²) in [5.41, 5.74) is 1.80. The molecule has 3 rings (SSSR count). The maximum atomic E-state index is 12.1. The topological polar surface area (TPSA) is 91.8 Å². The van der Waals surface area contributed by atoms with Gasteiger partial charge in [-0.05, 0) is 49.7 Å². The van der Waals surface area contributed by atoms with Crippen LogP contribution < -0.4 is 4.74 Å². The number of fused-ring (bicyclic) bond motifs is 1. The Kier molecular flexibility index (Phi) is 4.88. The number of nitrogens with zero attached hydrogens (tertiary/aromatic N) is 1. The van der Waals surface area contributed by atoms with Crippen LogP contribution in [0.4, 0.5) is 5.69 Å². The van der Waals surface area contributed by atoms with Gasteiger partial charge in [-0.25, -0.2) is 4.79 Å². The third-order valence-corrected chi connectivity index (χ3v) is 3.87. The Hall–Kier alpha value is -3.35. The van der Waals surface area contributed by atoms with Crippen molar-refractivity contribution >= 4 is 22.6 Å². The van der Waals surface area contributed by atoms with Crippen LogP contribution in [-0.2, 0) is 11.3 Å². The number of furan rings is 1. The molecule has 3 aromatic rings. The summed E-state index contributed by atoms with van der Waals surface area (Å²) in [6.07, 6.45) is 0. The summed E-state index contributed by atoms with van der Waals surface area (Å²) in [6.45, 7) is 3.98. The second kappa shape index (κ2) is 7.26. The number of nitro groups is 1. The molecule has 0 amide bonds. The molecule has 0 unspecified atom stereocenters. The highest BCUT2D eigenvalue weighted by atomic mass is 16.6. The molecule has 0 N–H and O–H groups in total. The van der Waals surface area contributed by atoms with Crippen molar-refractivity contribution in [2.75, 3.05) is 6.61 Å². The first-order chi connectivity index (χ1) is 12.5. The van der Waals surface area contributed by atoms with Gasteiger partial charge in [0.2, 0.25) is 0 Å². The number of benzene rings is 2. The zero-order valence-electron chi connectivity index (χ0n) is 14.4. The van der Waals surface area contributed by atoms with Crippen molar-refractivity contribution < 1.29 is 23.6 Å². The molecular weight excluding hydrogens is 338 g/mol. The van der Waals surface area contributed by atoms with Gasteiger partial charge in [0, 0.05) is 17.5 Å². The van der Waals surface area contributed by atoms with E-state index in [1.54, 1.807) is 44.2 Å². The number of esters is 1. The van der Waals surface area contributed by atoms with E-state index in [1.807, 2.05) is 0 Å². The second-order valence-corrected chi connectivity index (χ2v) is 5.62. The minimum atomic E-state index is -0.448. The molecule has 26 heavy (non-hydrogen) atoms. The highest BCUT2D eigenvalue weighted by Gasteiger charge is 2.19. The van der Waals surface area contributed by atoms with Crippen LogP contribution >= 0.6 is 0 Å². The predicted octanol–water partition coefficient (Wildman–Crippen LogP) is 4.41. The van der Waals surface area contributed by atoms with Crippen molar-refractivity contribution in [3.8, 4) is 5.75 Å². The quantitative estimate of drug-likeness (QED) is 0.369. The lowest BCUT2D eigenvalue weighted by atomic mass is 10.1. The van der Waals surface area contributed by atoms with Crippen LogP contribution in [0, 0.1) is 17.0 Å². The fourth-order valence-corrected chi connectivity index (χ4v) is 2.63. The van der Waals surface area contributed by atoms with E-state index in [2.05, 4.69) is 0 Å². The smallest absolute Gasteiger partial charge is 0.342 e. The summed E-state index contributed by atoms with van der Waals surface area (Å²) in [4.78, 5) is 22.4. The summed E-state index contributed by atoms with van der Waals surface area (Å²) >= 11 is 0. The zero-order chi connectivity index (χ0) is 18.7. The van der Waals surface area contributed by atoms with Gasteiger partial charge in [-0.2, -0.15) is 0 Å². The minimum absolute atomic E-state index is 0.0307. The molecule has 2 aromatic carbocycles. The van der Waals surface area contributed by atoms with Crippen molar-refractivity contribution in [2.24, 2.45) is 0 Å².